The van der Waals surface area contributed by atoms with Gasteiger partial charge >= 0.3 is 6.03 Å². The quantitative estimate of drug-likeness (QED) is 0.826. The number of halogens is 1. The third-order valence-electron chi connectivity index (χ3n) is 3.63. The van der Waals surface area contributed by atoms with E-state index in [2.05, 4.69) is 26.6 Å². The highest BCUT2D eigenvalue weighted by molar-refractivity contribution is 9.10. The maximum atomic E-state index is 12.6. The molecule has 2 aromatic carbocycles. The normalized spacial score (nSPS) is 20.5. The zero-order valence-corrected chi connectivity index (χ0v) is 13.3. The van der Waals surface area contributed by atoms with E-state index < -0.39 is 17.5 Å². The maximum absolute atomic E-state index is 12.6. The van der Waals surface area contributed by atoms with Gasteiger partial charge in [-0.2, -0.15) is 0 Å². The molecule has 1 aliphatic rings. The lowest BCUT2D eigenvalue weighted by atomic mass is 9.83. The van der Waals surface area contributed by atoms with Gasteiger partial charge in [-0.25, -0.2) is 4.79 Å². The molecule has 1 aliphatic heterocycles. The largest absolute Gasteiger partial charge is 0.497 e. The van der Waals surface area contributed by atoms with E-state index >= 15 is 0 Å². The summed E-state index contributed by atoms with van der Waals surface area (Å²) in [6.45, 7) is 0. The first-order chi connectivity index (χ1) is 10.6. The Bertz CT molecular complexity index is 763. The molecule has 0 saturated carbocycles. The lowest BCUT2D eigenvalue weighted by Gasteiger charge is -2.27. The van der Waals surface area contributed by atoms with Crippen molar-refractivity contribution in [1.82, 2.24) is 10.6 Å². The molecular weight excluding hydrogens is 348 g/mol. The van der Waals surface area contributed by atoms with Crippen LogP contribution < -0.4 is 15.4 Å². The predicted octanol–water partition coefficient (Wildman–Crippen LogP) is 2.54. The number of benzene rings is 2. The van der Waals surface area contributed by atoms with Crippen molar-refractivity contribution in [1.29, 1.82) is 0 Å². The highest BCUT2D eigenvalue weighted by Crippen LogP contribution is 2.35. The lowest BCUT2D eigenvalue weighted by molar-refractivity contribution is -0.122. The Morgan fingerprint density at radius 3 is 2.32 bits per heavy atom. The number of amides is 3. The van der Waals surface area contributed by atoms with Crippen LogP contribution in [0.5, 0.6) is 5.75 Å². The van der Waals surface area contributed by atoms with Crippen molar-refractivity contribution in [2.75, 3.05) is 7.11 Å². The van der Waals surface area contributed by atoms with E-state index in [-0.39, 0.29) is 0 Å². The number of carbonyl (C=O) groups excluding carboxylic acids is 2. The van der Waals surface area contributed by atoms with Gasteiger partial charge in [-0.3, -0.25) is 10.1 Å². The summed E-state index contributed by atoms with van der Waals surface area (Å²) >= 11 is 3.40. The molecule has 2 N–H and O–H groups in total. The molecule has 0 spiro atoms. The fraction of sp³-hybridized carbons (Fsp3) is 0.125. The molecule has 2 aromatic rings. The van der Waals surface area contributed by atoms with Gasteiger partial charge in [0.25, 0.3) is 5.91 Å². The average molecular weight is 361 g/mol. The monoisotopic (exact) mass is 360 g/mol. The second-order valence-electron chi connectivity index (χ2n) is 4.90. The van der Waals surface area contributed by atoms with Gasteiger partial charge < -0.3 is 10.1 Å². The average Bonchev–Trinajstić information content (AvgIpc) is 2.83. The smallest absolute Gasteiger partial charge is 0.322 e. The van der Waals surface area contributed by atoms with Gasteiger partial charge in [0.1, 0.15) is 5.75 Å². The van der Waals surface area contributed by atoms with Gasteiger partial charge in [0, 0.05) is 4.47 Å². The van der Waals surface area contributed by atoms with Gasteiger partial charge in [-0.05, 0) is 35.4 Å². The van der Waals surface area contributed by atoms with Crippen LogP contribution in [0.1, 0.15) is 11.1 Å². The number of imide groups is 1. The Morgan fingerprint density at radius 1 is 1.05 bits per heavy atom. The van der Waals surface area contributed by atoms with Gasteiger partial charge in [-0.1, -0.05) is 40.2 Å². The van der Waals surface area contributed by atoms with Crippen LogP contribution in [0.15, 0.2) is 53.0 Å². The SMILES string of the molecule is COc1cccc(C2(c3cccc(Br)c3)NC(=O)NC2=O)c1. The molecular formula is C16H13BrN2O3. The summed E-state index contributed by atoms with van der Waals surface area (Å²) in [7, 11) is 1.55. The number of hydrogen-bond acceptors (Lipinski definition) is 3. The molecule has 0 bridgehead atoms. The highest BCUT2D eigenvalue weighted by Gasteiger charge is 2.49. The molecule has 22 heavy (non-hydrogen) atoms. The molecule has 1 heterocycles. The first kappa shape index (κ1) is 14.6. The topological polar surface area (TPSA) is 67.4 Å². The zero-order valence-electron chi connectivity index (χ0n) is 11.7. The van der Waals surface area contributed by atoms with Crippen LogP contribution in [0.2, 0.25) is 0 Å². The van der Waals surface area contributed by atoms with Crippen LogP contribution in [-0.4, -0.2) is 19.0 Å². The summed E-state index contributed by atoms with van der Waals surface area (Å²) in [5.41, 5.74) is 0.0295. The molecule has 3 amide bonds. The summed E-state index contributed by atoms with van der Waals surface area (Å²) in [5.74, 6) is 0.199. The molecule has 5 nitrogen and oxygen atoms in total. The van der Waals surface area contributed by atoms with Crippen LogP contribution in [-0.2, 0) is 10.3 Å². The first-order valence-electron chi connectivity index (χ1n) is 6.60. The summed E-state index contributed by atoms with van der Waals surface area (Å²) in [4.78, 5) is 24.3. The van der Waals surface area contributed by atoms with Crippen LogP contribution in [0.4, 0.5) is 4.79 Å². The molecule has 1 fully saturated rings. The van der Waals surface area contributed by atoms with E-state index in [1.54, 1.807) is 37.4 Å². The number of ether oxygens (including phenoxy) is 1. The summed E-state index contributed by atoms with van der Waals surface area (Å²) in [6, 6.07) is 13.9. The van der Waals surface area contributed by atoms with Crippen molar-refractivity contribution in [3.8, 4) is 5.75 Å². The summed E-state index contributed by atoms with van der Waals surface area (Å²) in [6.07, 6.45) is 0. The Balaban J connectivity index is 2.24. The number of carbonyl (C=O) groups is 2. The van der Waals surface area contributed by atoms with Gasteiger partial charge in [-0.15, -0.1) is 0 Å². The van der Waals surface area contributed by atoms with Crippen molar-refractivity contribution in [2.45, 2.75) is 5.54 Å². The van der Waals surface area contributed by atoms with Crippen LogP contribution in [0.25, 0.3) is 0 Å². The molecule has 1 unspecified atom stereocenters. The number of urea groups is 1. The Hall–Kier alpha value is -2.34. The molecule has 3 rings (SSSR count). The lowest BCUT2D eigenvalue weighted by Crippen LogP contribution is -2.44. The van der Waals surface area contributed by atoms with Crippen molar-refractivity contribution in [2.24, 2.45) is 0 Å². The molecule has 6 heteroatoms. The van der Waals surface area contributed by atoms with Crippen molar-refractivity contribution in [3.63, 3.8) is 0 Å². The van der Waals surface area contributed by atoms with Crippen LogP contribution >= 0.6 is 15.9 Å². The Morgan fingerprint density at radius 2 is 1.73 bits per heavy atom. The van der Waals surface area contributed by atoms with Crippen molar-refractivity contribution in [3.05, 3.63) is 64.1 Å². The van der Waals surface area contributed by atoms with E-state index in [1.807, 2.05) is 18.2 Å². The van der Waals surface area contributed by atoms with E-state index in [0.717, 1.165) is 4.47 Å². The van der Waals surface area contributed by atoms with Crippen molar-refractivity contribution < 1.29 is 14.3 Å². The molecule has 0 aromatic heterocycles. The predicted molar refractivity (Wildman–Crippen MR) is 84.6 cm³/mol. The van der Waals surface area contributed by atoms with E-state index in [0.29, 0.717) is 16.9 Å². The number of nitrogens with one attached hydrogen (secondary N) is 2. The van der Waals surface area contributed by atoms with Crippen LogP contribution in [0, 0.1) is 0 Å². The second-order valence-corrected chi connectivity index (χ2v) is 5.82. The van der Waals surface area contributed by atoms with Crippen molar-refractivity contribution >= 4 is 27.9 Å². The maximum Gasteiger partial charge on any atom is 0.322 e. The molecule has 1 atom stereocenters. The summed E-state index contributed by atoms with van der Waals surface area (Å²) < 4.78 is 6.05. The zero-order chi connectivity index (χ0) is 15.7. The molecule has 112 valence electrons. The minimum Gasteiger partial charge on any atom is -0.497 e. The fourth-order valence-electron chi connectivity index (χ4n) is 2.61. The number of methoxy groups -OCH3 is 1. The molecule has 1 saturated heterocycles. The standard InChI is InChI=1S/C16H13BrN2O3/c1-22-13-7-3-5-11(9-13)16(14(20)18-15(21)19-16)10-4-2-6-12(17)8-10/h2-9H,1H3,(H2,18,19,20,21). The summed E-state index contributed by atoms with van der Waals surface area (Å²) in [5, 5.41) is 5.07. The minimum absolute atomic E-state index is 0.413. The second kappa shape index (κ2) is 5.46. The van der Waals surface area contributed by atoms with Crippen LogP contribution in [0.3, 0.4) is 0 Å². The van der Waals surface area contributed by atoms with Gasteiger partial charge in [0.15, 0.2) is 5.54 Å². The molecule has 0 radical (unpaired) electrons. The van der Waals surface area contributed by atoms with E-state index in [9.17, 15) is 9.59 Å². The minimum atomic E-state index is -1.27. The fourth-order valence-corrected chi connectivity index (χ4v) is 3.01. The third kappa shape index (κ3) is 2.25. The highest BCUT2D eigenvalue weighted by atomic mass is 79.9. The molecule has 0 aliphatic carbocycles. The van der Waals surface area contributed by atoms with E-state index in [1.165, 1.54) is 0 Å². The Labute approximate surface area is 135 Å². The third-order valence-corrected chi connectivity index (χ3v) is 4.12. The van der Waals surface area contributed by atoms with Gasteiger partial charge in [0.05, 0.1) is 7.11 Å². The number of hydrogen-bond donors (Lipinski definition) is 2. The Kier molecular flexibility index (Phi) is 3.62. The van der Waals surface area contributed by atoms with E-state index in [4.69, 9.17) is 4.74 Å². The first-order valence-corrected chi connectivity index (χ1v) is 7.40. The van der Waals surface area contributed by atoms with Gasteiger partial charge in [0.2, 0.25) is 0 Å². The number of rotatable bonds is 3.